The van der Waals surface area contributed by atoms with E-state index >= 15 is 0 Å². The van der Waals surface area contributed by atoms with E-state index in [2.05, 4.69) is 63.7 Å². The Bertz CT molecular complexity index is 993. The van der Waals surface area contributed by atoms with E-state index < -0.39 is 15.6 Å². The molecule has 4 nitrogen and oxygen atoms in total. The predicted octanol–water partition coefficient (Wildman–Crippen LogP) is 4.94. The van der Waals surface area contributed by atoms with Crippen LogP contribution in [0.4, 0.5) is 13.2 Å². The monoisotopic (exact) mass is 443 g/mol. The Labute approximate surface area is 176 Å². The van der Waals surface area contributed by atoms with Crippen LogP contribution in [0.25, 0.3) is 0 Å². The molecule has 30 heavy (non-hydrogen) atoms. The summed E-state index contributed by atoms with van der Waals surface area (Å²) in [7, 11) is -1.71. The highest BCUT2D eigenvalue weighted by molar-refractivity contribution is 7.86. The third kappa shape index (κ3) is 6.04. The summed E-state index contributed by atoms with van der Waals surface area (Å²) >= 11 is 0. The topological polar surface area (TPSA) is 60.2 Å². The van der Waals surface area contributed by atoms with Gasteiger partial charge in [0.15, 0.2) is 10.1 Å². The van der Waals surface area contributed by atoms with Gasteiger partial charge in [0.1, 0.15) is 14.1 Å². The SMILES string of the molecule is CC1=C(C)CC(C2CC2)=C(C(c2ccc(C)cc2)=[N+](C)C)C1.O=S(=O)([O-])C(F)(F)F. The molecule has 1 fully saturated rings. The van der Waals surface area contributed by atoms with E-state index in [9.17, 15) is 13.2 Å². The van der Waals surface area contributed by atoms with Gasteiger partial charge in [-0.3, -0.25) is 0 Å². The molecular formula is C22H28F3NO3S. The van der Waals surface area contributed by atoms with Crippen LogP contribution in [-0.4, -0.2) is 42.9 Å². The molecule has 0 atom stereocenters. The van der Waals surface area contributed by atoms with Gasteiger partial charge in [-0.1, -0.05) is 34.4 Å². The minimum Gasteiger partial charge on any atom is -0.741 e. The summed E-state index contributed by atoms with van der Waals surface area (Å²) in [6.45, 7) is 6.78. The van der Waals surface area contributed by atoms with Crippen molar-refractivity contribution in [3.8, 4) is 0 Å². The Balaban J connectivity index is 0.000000343. The Kier molecular flexibility index (Phi) is 7.35. The van der Waals surface area contributed by atoms with Gasteiger partial charge in [0.05, 0.1) is 0 Å². The minimum atomic E-state index is -6.09. The first kappa shape index (κ1) is 24.3. The van der Waals surface area contributed by atoms with Crippen molar-refractivity contribution in [1.82, 2.24) is 0 Å². The molecule has 1 aromatic rings. The maximum atomic E-state index is 10.7. The predicted molar refractivity (Wildman–Crippen MR) is 111 cm³/mol. The molecule has 0 N–H and O–H groups in total. The van der Waals surface area contributed by atoms with Crippen LogP contribution < -0.4 is 0 Å². The molecular weight excluding hydrogens is 415 g/mol. The van der Waals surface area contributed by atoms with Gasteiger partial charge in [-0.05, 0) is 64.5 Å². The zero-order chi connectivity index (χ0) is 22.9. The van der Waals surface area contributed by atoms with Gasteiger partial charge in [0.25, 0.3) is 0 Å². The van der Waals surface area contributed by atoms with Crippen LogP contribution in [0.2, 0.25) is 0 Å². The third-order valence-electron chi connectivity index (χ3n) is 5.43. The number of aryl methyl sites for hydroxylation is 1. The van der Waals surface area contributed by atoms with Gasteiger partial charge in [0, 0.05) is 11.1 Å². The average Bonchev–Trinajstić information content (AvgIpc) is 3.43. The lowest BCUT2D eigenvalue weighted by molar-refractivity contribution is -0.463. The number of nitrogens with zero attached hydrogens (tertiary/aromatic N) is 1. The number of rotatable bonds is 3. The lowest BCUT2D eigenvalue weighted by atomic mass is 9.81. The van der Waals surface area contributed by atoms with Crippen LogP contribution in [-0.2, 0) is 10.1 Å². The summed E-state index contributed by atoms with van der Waals surface area (Å²) in [6.07, 6.45) is 5.09. The van der Waals surface area contributed by atoms with Gasteiger partial charge in [-0.25, -0.2) is 13.0 Å². The van der Waals surface area contributed by atoms with Crippen LogP contribution in [0, 0.1) is 12.8 Å². The normalized spacial score (nSPS) is 17.5. The van der Waals surface area contributed by atoms with Crippen molar-refractivity contribution in [3.05, 3.63) is 57.7 Å². The number of hydrogen-bond acceptors (Lipinski definition) is 3. The molecule has 1 aromatic carbocycles. The first-order chi connectivity index (χ1) is 13.7. The van der Waals surface area contributed by atoms with Crippen molar-refractivity contribution < 1.29 is 30.7 Å². The number of alkyl halides is 3. The van der Waals surface area contributed by atoms with Crippen molar-refractivity contribution in [2.45, 2.75) is 52.0 Å². The molecule has 0 unspecified atom stereocenters. The molecule has 3 rings (SSSR count). The third-order valence-corrected chi connectivity index (χ3v) is 5.99. The lowest BCUT2D eigenvalue weighted by Crippen LogP contribution is -2.22. The molecule has 0 spiro atoms. The number of hydrogen-bond donors (Lipinski definition) is 0. The van der Waals surface area contributed by atoms with Crippen molar-refractivity contribution >= 4 is 15.8 Å². The fraction of sp³-hybridized carbons (Fsp3) is 0.500. The molecule has 0 amide bonds. The second-order valence-corrected chi connectivity index (χ2v) is 9.57. The van der Waals surface area contributed by atoms with Gasteiger partial charge in [-0.15, -0.1) is 0 Å². The molecule has 2 aliphatic carbocycles. The molecule has 1 saturated carbocycles. The summed E-state index contributed by atoms with van der Waals surface area (Å²) in [5.41, 5.74) is 4.93. The van der Waals surface area contributed by atoms with Gasteiger partial charge >= 0.3 is 5.51 Å². The highest BCUT2D eigenvalue weighted by Crippen LogP contribution is 2.45. The van der Waals surface area contributed by atoms with Gasteiger partial charge in [-0.2, -0.15) is 13.2 Å². The van der Waals surface area contributed by atoms with E-state index in [-0.39, 0.29) is 0 Å². The van der Waals surface area contributed by atoms with Crippen LogP contribution in [0.15, 0.2) is 46.6 Å². The lowest BCUT2D eigenvalue weighted by Gasteiger charge is -2.23. The molecule has 2 aliphatic rings. The molecule has 0 aliphatic heterocycles. The molecule has 0 radical (unpaired) electrons. The van der Waals surface area contributed by atoms with Crippen molar-refractivity contribution in [1.29, 1.82) is 0 Å². The van der Waals surface area contributed by atoms with E-state index in [0.717, 1.165) is 12.3 Å². The van der Waals surface area contributed by atoms with E-state index in [1.807, 2.05) is 0 Å². The minimum absolute atomic E-state index is 0.846. The van der Waals surface area contributed by atoms with E-state index in [1.165, 1.54) is 36.1 Å². The standard InChI is InChI=1S/C21H28N.CHF3O3S/c1-14-6-8-18(9-7-14)21(22(4)5)20-13-16(3)15(2)12-19(20)17-10-11-17;2-1(3,4)8(5,6)7/h6-9,17H,10-13H2,1-5H3;(H,5,6,7)/q+1;/p-1. The van der Waals surface area contributed by atoms with E-state index in [1.54, 1.807) is 22.3 Å². The fourth-order valence-electron chi connectivity index (χ4n) is 3.54. The first-order valence-corrected chi connectivity index (χ1v) is 11.1. The molecule has 8 heteroatoms. The van der Waals surface area contributed by atoms with Gasteiger partial charge in [0.2, 0.25) is 5.71 Å². The Hall–Kier alpha value is -1.93. The maximum absolute atomic E-state index is 10.7. The number of halogens is 3. The van der Waals surface area contributed by atoms with Crippen molar-refractivity contribution in [3.63, 3.8) is 0 Å². The Morgan fingerprint density at radius 1 is 1.00 bits per heavy atom. The summed E-state index contributed by atoms with van der Waals surface area (Å²) in [5.74, 6) is 0.846. The van der Waals surface area contributed by atoms with Crippen LogP contribution >= 0.6 is 0 Å². The molecule has 166 valence electrons. The number of allylic oxidation sites excluding steroid dienone is 4. The van der Waals surface area contributed by atoms with Crippen molar-refractivity contribution in [2.24, 2.45) is 5.92 Å². The summed E-state index contributed by atoms with van der Waals surface area (Å²) in [4.78, 5) is 0. The first-order valence-electron chi connectivity index (χ1n) is 9.73. The molecule has 0 bridgehead atoms. The quantitative estimate of drug-likeness (QED) is 0.218. The number of benzene rings is 1. The fourth-order valence-corrected chi connectivity index (χ4v) is 3.54. The zero-order valence-electron chi connectivity index (χ0n) is 17.9. The molecule has 0 saturated heterocycles. The van der Waals surface area contributed by atoms with Crippen LogP contribution in [0.1, 0.15) is 50.7 Å². The van der Waals surface area contributed by atoms with E-state index in [0.29, 0.717) is 0 Å². The summed E-state index contributed by atoms with van der Waals surface area (Å²) in [6, 6.07) is 9.02. The Morgan fingerprint density at radius 2 is 1.47 bits per heavy atom. The smallest absolute Gasteiger partial charge is 0.485 e. The second kappa shape index (κ2) is 9.06. The van der Waals surface area contributed by atoms with Crippen molar-refractivity contribution in [2.75, 3.05) is 14.1 Å². The zero-order valence-corrected chi connectivity index (χ0v) is 18.7. The van der Waals surface area contributed by atoms with E-state index in [4.69, 9.17) is 13.0 Å². The summed E-state index contributed by atoms with van der Waals surface area (Å²) < 4.78 is 61.2. The Morgan fingerprint density at radius 3 is 1.87 bits per heavy atom. The molecule has 0 aromatic heterocycles. The largest absolute Gasteiger partial charge is 0.741 e. The van der Waals surface area contributed by atoms with Crippen LogP contribution in [0.5, 0.6) is 0 Å². The maximum Gasteiger partial charge on any atom is 0.485 e. The van der Waals surface area contributed by atoms with Crippen LogP contribution in [0.3, 0.4) is 0 Å². The van der Waals surface area contributed by atoms with Gasteiger partial charge < -0.3 is 4.55 Å². The second-order valence-electron chi connectivity index (χ2n) is 8.20. The average molecular weight is 444 g/mol. The highest BCUT2D eigenvalue weighted by atomic mass is 32.2. The summed E-state index contributed by atoms with van der Waals surface area (Å²) in [5, 5.41) is 0. The molecule has 0 heterocycles. The highest BCUT2D eigenvalue weighted by Gasteiger charge is 2.37.